The summed E-state index contributed by atoms with van der Waals surface area (Å²) in [5.41, 5.74) is 6.64. The predicted octanol–water partition coefficient (Wildman–Crippen LogP) is 2.63. The van der Waals surface area contributed by atoms with Gasteiger partial charge in [0.25, 0.3) is 0 Å². The van der Waals surface area contributed by atoms with E-state index in [-0.39, 0.29) is 12.5 Å². The lowest BCUT2D eigenvalue weighted by molar-refractivity contribution is -0.162. The van der Waals surface area contributed by atoms with E-state index in [1.807, 2.05) is 6.07 Å². The topological polar surface area (TPSA) is 46.3 Å². The van der Waals surface area contributed by atoms with Crippen molar-refractivity contribution >= 4 is 5.91 Å². The van der Waals surface area contributed by atoms with Crippen LogP contribution in [0.2, 0.25) is 0 Å². The number of nitrogens with zero attached hydrogens (tertiary/aromatic N) is 1. The maximum Gasteiger partial charge on any atom is 0.406 e. The molecule has 110 valence electrons. The van der Waals surface area contributed by atoms with Crippen LogP contribution in [0.4, 0.5) is 13.2 Å². The van der Waals surface area contributed by atoms with Gasteiger partial charge in [0.1, 0.15) is 6.54 Å². The molecule has 6 heteroatoms. The van der Waals surface area contributed by atoms with Crippen LogP contribution in [0.15, 0.2) is 30.3 Å². The molecule has 0 bridgehead atoms. The van der Waals surface area contributed by atoms with Crippen molar-refractivity contribution in [3.63, 3.8) is 0 Å². The number of benzene rings is 1. The van der Waals surface area contributed by atoms with Crippen molar-refractivity contribution in [3.05, 3.63) is 35.9 Å². The normalized spacial score (nSPS) is 16.8. The van der Waals surface area contributed by atoms with Crippen LogP contribution in [-0.2, 0) is 4.79 Å². The molecule has 0 radical (unpaired) electrons. The molecule has 20 heavy (non-hydrogen) atoms. The molecule has 1 amide bonds. The maximum absolute atomic E-state index is 12.5. The number of nitrogens with two attached hydrogens (primary N) is 1. The average molecular weight is 286 g/mol. The van der Waals surface area contributed by atoms with E-state index >= 15 is 0 Å². The molecule has 0 heterocycles. The zero-order chi connectivity index (χ0) is 14.8. The van der Waals surface area contributed by atoms with E-state index in [0.29, 0.717) is 12.8 Å². The highest BCUT2D eigenvalue weighted by molar-refractivity contribution is 5.77. The van der Waals surface area contributed by atoms with E-state index in [1.165, 1.54) is 0 Å². The van der Waals surface area contributed by atoms with Crippen molar-refractivity contribution in [2.24, 2.45) is 5.73 Å². The molecule has 2 rings (SSSR count). The number of hydrogen-bond donors (Lipinski definition) is 1. The number of rotatable bonds is 5. The Bertz CT molecular complexity index is 457. The number of carbonyl (C=O) groups excluding carboxylic acids is 1. The van der Waals surface area contributed by atoms with Crippen LogP contribution >= 0.6 is 0 Å². The highest BCUT2D eigenvalue weighted by Gasteiger charge is 2.40. The summed E-state index contributed by atoms with van der Waals surface area (Å²) in [6, 6.07) is 8.08. The Hall–Kier alpha value is -1.56. The highest BCUT2D eigenvalue weighted by Crippen LogP contribution is 2.31. The molecule has 0 aromatic heterocycles. The van der Waals surface area contributed by atoms with Crippen LogP contribution in [0, 0.1) is 0 Å². The van der Waals surface area contributed by atoms with Crippen LogP contribution in [0.5, 0.6) is 0 Å². The van der Waals surface area contributed by atoms with Crippen molar-refractivity contribution in [3.8, 4) is 0 Å². The fourth-order valence-electron chi connectivity index (χ4n) is 2.12. The minimum atomic E-state index is -4.37. The van der Waals surface area contributed by atoms with Crippen LogP contribution in [0.3, 0.4) is 0 Å². The van der Waals surface area contributed by atoms with Crippen molar-refractivity contribution in [2.75, 3.05) is 6.54 Å². The summed E-state index contributed by atoms with van der Waals surface area (Å²) in [4.78, 5) is 13.0. The van der Waals surface area contributed by atoms with E-state index in [0.717, 1.165) is 10.5 Å². The summed E-state index contributed by atoms with van der Waals surface area (Å²) in [6.07, 6.45) is -3.18. The number of halogens is 3. The molecule has 1 atom stereocenters. The zero-order valence-electron chi connectivity index (χ0n) is 10.9. The van der Waals surface area contributed by atoms with Gasteiger partial charge in [0.15, 0.2) is 0 Å². The van der Waals surface area contributed by atoms with Gasteiger partial charge in [0, 0.05) is 18.5 Å². The van der Waals surface area contributed by atoms with E-state index < -0.39 is 24.7 Å². The smallest absolute Gasteiger partial charge is 0.331 e. The van der Waals surface area contributed by atoms with Gasteiger partial charge in [0.2, 0.25) is 5.91 Å². The first kappa shape index (κ1) is 14.8. The lowest BCUT2D eigenvalue weighted by atomic mass is 10.0. The quantitative estimate of drug-likeness (QED) is 0.904. The standard InChI is InChI=1S/C14H17F3N2O/c15-14(16,17)9-19(11-6-7-11)13(20)8-12(18)10-4-2-1-3-5-10/h1-5,11-12H,6-9,18H2. The van der Waals surface area contributed by atoms with E-state index in [2.05, 4.69) is 0 Å². The second-order valence-corrected chi connectivity index (χ2v) is 5.09. The van der Waals surface area contributed by atoms with Crippen LogP contribution < -0.4 is 5.73 Å². The summed E-state index contributed by atoms with van der Waals surface area (Å²) in [5, 5.41) is 0. The molecular formula is C14H17F3N2O. The Morgan fingerprint density at radius 3 is 2.40 bits per heavy atom. The molecular weight excluding hydrogens is 269 g/mol. The van der Waals surface area contributed by atoms with Crippen molar-refractivity contribution in [1.82, 2.24) is 4.90 Å². The summed E-state index contributed by atoms with van der Waals surface area (Å²) in [5.74, 6) is -0.527. The van der Waals surface area contributed by atoms with Gasteiger partial charge in [-0.3, -0.25) is 4.79 Å². The summed E-state index contributed by atoms with van der Waals surface area (Å²) in [7, 11) is 0. The third-order valence-electron chi connectivity index (χ3n) is 3.28. The Morgan fingerprint density at radius 1 is 1.30 bits per heavy atom. The SMILES string of the molecule is NC(CC(=O)N(CC(F)(F)F)C1CC1)c1ccccc1. The van der Waals surface area contributed by atoms with Crippen molar-refractivity contribution < 1.29 is 18.0 Å². The van der Waals surface area contributed by atoms with Gasteiger partial charge in [-0.05, 0) is 18.4 Å². The molecule has 3 nitrogen and oxygen atoms in total. The number of hydrogen-bond acceptors (Lipinski definition) is 2. The molecule has 1 aliphatic carbocycles. The van der Waals surface area contributed by atoms with Gasteiger partial charge < -0.3 is 10.6 Å². The molecule has 0 aliphatic heterocycles. The molecule has 0 saturated heterocycles. The summed E-state index contributed by atoms with van der Waals surface area (Å²) >= 11 is 0. The van der Waals surface area contributed by atoms with Gasteiger partial charge in [-0.25, -0.2) is 0 Å². The lowest BCUT2D eigenvalue weighted by Crippen LogP contribution is -2.41. The average Bonchev–Trinajstić information content (AvgIpc) is 3.20. The van der Waals surface area contributed by atoms with Gasteiger partial charge in [-0.15, -0.1) is 0 Å². The number of carbonyl (C=O) groups is 1. The van der Waals surface area contributed by atoms with E-state index in [1.54, 1.807) is 24.3 Å². The molecule has 1 saturated carbocycles. The van der Waals surface area contributed by atoms with Crippen molar-refractivity contribution in [1.29, 1.82) is 0 Å². The first-order valence-corrected chi connectivity index (χ1v) is 6.53. The minimum Gasteiger partial charge on any atom is -0.331 e. The van der Waals surface area contributed by atoms with Crippen molar-refractivity contribution in [2.45, 2.75) is 37.5 Å². The summed E-state index contributed by atoms with van der Waals surface area (Å²) in [6.45, 7) is -1.18. The third kappa shape index (κ3) is 4.23. The number of amides is 1. The van der Waals surface area contributed by atoms with Gasteiger partial charge in [-0.1, -0.05) is 30.3 Å². The molecule has 1 aromatic carbocycles. The molecule has 1 aromatic rings. The predicted molar refractivity (Wildman–Crippen MR) is 68.8 cm³/mol. The van der Waals surface area contributed by atoms with Gasteiger partial charge in [-0.2, -0.15) is 13.2 Å². The maximum atomic E-state index is 12.5. The van der Waals surface area contributed by atoms with Gasteiger partial charge in [0.05, 0.1) is 0 Å². The lowest BCUT2D eigenvalue weighted by Gasteiger charge is -2.25. The van der Waals surface area contributed by atoms with Gasteiger partial charge >= 0.3 is 6.18 Å². The Kier molecular flexibility index (Phi) is 4.32. The van der Waals surface area contributed by atoms with E-state index in [4.69, 9.17) is 5.73 Å². The first-order valence-electron chi connectivity index (χ1n) is 6.53. The van der Waals surface area contributed by atoms with Crippen LogP contribution in [0.25, 0.3) is 0 Å². The van der Waals surface area contributed by atoms with E-state index in [9.17, 15) is 18.0 Å². The minimum absolute atomic E-state index is 0.101. The Labute approximate surface area is 115 Å². The zero-order valence-corrected chi connectivity index (χ0v) is 10.9. The fraction of sp³-hybridized carbons (Fsp3) is 0.500. The second kappa shape index (κ2) is 5.83. The third-order valence-corrected chi connectivity index (χ3v) is 3.28. The van der Waals surface area contributed by atoms with Crippen LogP contribution in [-0.4, -0.2) is 29.6 Å². The van der Waals surface area contributed by atoms with Crippen LogP contribution in [0.1, 0.15) is 30.9 Å². The molecule has 1 unspecified atom stereocenters. The Balaban J connectivity index is 1.98. The molecule has 1 aliphatic rings. The molecule has 2 N–H and O–H groups in total. The monoisotopic (exact) mass is 286 g/mol. The fourth-order valence-corrected chi connectivity index (χ4v) is 2.12. The number of alkyl halides is 3. The Morgan fingerprint density at radius 2 is 1.90 bits per heavy atom. The molecule has 1 fully saturated rings. The summed E-state index contributed by atoms with van der Waals surface area (Å²) < 4.78 is 37.5. The molecule has 0 spiro atoms. The largest absolute Gasteiger partial charge is 0.406 e. The first-order chi connectivity index (χ1) is 9.37. The second-order valence-electron chi connectivity index (χ2n) is 5.09. The highest BCUT2D eigenvalue weighted by atomic mass is 19.4.